The van der Waals surface area contributed by atoms with Gasteiger partial charge in [-0.1, -0.05) is 12.1 Å². The van der Waals surface area contributed by atoms with Gasteiger partial charge in [-0.05, 0) is 56.8 Å². The largest absolute Gasteiger partial charge is 0.436 e. The summed E-state index contributed by atoms with van der Waals surface area (Å²) in [5.74, 6) is 0. The third kappa shape index (κ3) is 13.6. The van der Waals surface area contributed by atoms with E-state index in [4.69, 9.17) is 16.8 Å². The Balaban J connectivity index is 3.48. The smallest absolute Gasteiger partial charge is 0.389 e. The molecule has 0 spiro atoms. The van der Waals surface area contributed by atoms with Crippen LogP contribution in [0.25, 0.3) is 0 Å². The Hall–Kier alpha value is -0.182. The number of alkyl halides is 9. The first-order valence-electron chi connectivity index (χ1n) is 11.6. The van der Waals surface area contributed by atoms with Gasteiger partial charge in [0.1, 0.15) is 0 Å². The van der Waals surface area contributed by atoms with Crippen LogP contribution in [0.15, 0.2) is 12.3 Å². The molecule has 1 aliphatic rings. The third-order valence-corrected chi connectivity index (χ3v) is 22.9. The molecule has 4 nitrogen and oxygen atoms in total. The van der Waals surface area contributed by atoms with Crippen LogP contribution in [0.3, 0.4) is 0 Å². The maximum atomic E-state index is 13.2. The molecule has 0 amide bonds. The molecular weight excluding hydrogens is 576 g/mol. The monoisotopic (exact) mass is 610 g/mol. The van der Waals surface area contributed by atoms with E-state index in [2.05, 4.69) is 6.58 Å². The summed E-state index contributed by atoms with van der Waals surface area (Å²) < 4.78 is 142. The predicted molar refractivity (Wildman–Crippen MR) is 126 cm³/mol. The molecule has 36 heavy (non-hydrogen) atoms. The Bertz CT molecular complexity index is 724. The minimum atomic E-state index is -4.62. The lowest BCUT2D eigenvalue weighted by atomic mass is 10.4. The van der Waals surface area contributed by atoms with Gasteiger partial charge in [0, 0.05) is 25.9 Å². The minimum absolute atomic E-state index is 0.144. The van der Waals surface area contributed by atoms with Gasteiger partial charge in [-0.3, -0.25) is 0 Å². The van der Waals surface area contributed by atoms with E-state index >= 15 is 0 Å². The van der Waals surface area contributed by atoms with Gasteiger partial charge in [-0.2, -0.15) is 39.5 Å². The predicted octanol–water partition coefficient (Wildman–Crippen LogP) is 8.22. The van der Waals surface area contributed by atoms with E-state index in [1.54, 1.807) is 6.55 Å². The molecule has 0 bridgehead atoms. The fourth-order valence-electron chi connectivity index (χ4n) is 4.03. The van der Waals surface area contributed by atoms with E-state index in [-0.39, 0.29) is 12.7 Å². The van der Waals surface area contributed by atoms with E-state index in [1.807, 2.05) is 0 Å². The Morgan fingerprint density at radius 2 is 1.11 bits per heavy atom. The first-order valence-corrected chi connectivity index (χ1v) is 21.9. The summed E-state index contributed by atoms with van der Waals surface area (Å²) in [5.41, 5.74) is 1.37. The minimum Gasteiger partial charge on any atom is -0.436 e. The van der Waals surface area contributed by atoms with E-state index in [1.165, 1.54) is 25.3 Å². The van der Waals surface area contributed by atoms with Crippen molar-refractivity contribution in [1.82, 2.24) is 0 Å². The summed E-state index contributed by atoms with van der Waals surface area (Å²) in [7, 11) is -14.5. The number of hydrogen-bond acceptors (Lipinski definition) is 4. The Labute approximate surface area is 210 Å². The zero-order valence-electron chi connectivity index (χ0n) is 20.9. The lowest BCUT2D eigenvalue weighted by Crippen LogP contribution is -2.60. The van der Waals surface area contributed by atoms with Gasteiger partial charge in [0.25, 0.3) is 0 Å². The third-order valence-electron chi connectivity index (χ3n) is 5.83. The maximum absolute atomic E-state index is 13.2. The molecule has 0 aromatic heterocycles. The highest BCUT2D eigenvalue weighted by Gasteiger charge is 2.52. The highest BCUT2D eigenvalue weighted by molar-refractivity contribution is 6.90. The summed E-state index contributed by atoms with van der Waals surface area (Å²) in [6.07, 6.45) is -16.7. The van der Waals surface area contributed by atoms with Gasteiger partial charge in [0.15, 0.2) is 8.32 Å². The summed E-state index contributed by atoms with van der Waals surface area (Å²) in [6, 6.07) is -1.47. The molecule has 0 aromatic rings. The van der Waals surface area contributed by atoms with Crippen molar-refractivity contribution in [2.24, 2.45) is 0 Å². The summed E-state index contributed by atoms with van der Waals surface area (Å²) in [4.78, 5) is 0. The lowest BCUT2D eigenvalue weighted by Gasteiger charge is -2.45. The average Bonchev–Trinajstić information content (AvgIpc) is 2.67. The van der Waals surface area contributed by atoms with Gasteiger partial charge in [0.2, 0.25) is 0 Å². The van der Waals surface area contributed by atoms with Crippen molar-refractivity contribution in [2.45, 2.75) is 101 Å². The fourth-order valence-corrected chi connectivity index (χ4v) is 23.6. The van der Waals surface area contributed by atoms with Crippen LogP contribution in [0.4, 0.5) is 39.5 Å². The second kappa shape index (κ2) is 12.3. The Morgan fingerprint density at radius 1 is 0.667 bits per heavy atom. The molecule has 0 radical (unpaired) electrons. The van der Waals surface area contributed by atoms with Crippen molar-refractivity contribution in [3.8, 4) is 0 Å². The van der Waals surface area contributed by atoms with E-state index in [9.17, 15) is 39.5 Å². The lowest BCUT2D eigenvalue weighted by molar-refractivity contribution is -0.132. The molecule has 0 aliphatic carbocycles. The molecule has 1 aliphatic heterocycles. The molecule has 1 heterocycles. The highest BCUT2D eigenvalue weighted by Crippen LogP contribution is 2.39. The molecule has 0 aromatic carbocycles. The second-order valence-corrected chi connectivity index (χ2v) is 24.5. The molecule has 1 rings (SSSR count). The van der Waals surface area contributed by atoms with Crippen LogP contribution in [-0.4, -0.2) is 59.1 Å². The molecule has 0 saturated carbocycles. The quantitative estimate of drug-likeness (QED) is 0.215. The molecule has 1 fully saturated rings. The van der Waals surface area contributed by atoms with Crippen molar-refractivity contribution in [3.05, 3.63) is 12.3 Å². The molecule has 4 atom stereocenters. The SMILES string of the molecule is C=C[Si]1(C)OCCCC[Si](C)(CCC(F)(F)F)O[Si](C)(CCC(F)(F)F)O[Si](C)(CCC(F)(F)F)O1. The molecule has 214 valence electrons. The van der Waals surface area contributed by atoms with Crippen molar-refractivity contribution < 1.29 is 56.3 Å². The summed E-state index contributed by atoms with van der Waals surface area (Å²) >= 11 is 0. The van der Waals surface area contributed by atoms with Gasteiger partial charge >= 0.3 is 44.2 Å². The number of halogens is 9. The van der Waals surface area contributed by atoms with Crippen LogP contribution in [0.2, 0.25) is 50.4 Å². The standard InChI is InChI=1S/C19H35F9O4Si4/c1-6-34(3)29-12-7-8-13-33(2,14-9-17(20,21)22)30-35(4,15-10-18(23,24)25)32-36(5,31-34)16-11-19(26,27)28/h6H,1,7-16H2,2-5H3. The topological polar surface area (TPSA) is 36.9 Å². The van der Waals surface area contributed by atoms with Crippen LogP contribution in [0, 0.1) is 0 Å². The van der Waals surface area contributed by atoms with Crippen LogP contribution in [-0.2, 0) is 16.8 Å². The van der Waals surface area contributed by atoms with Crippen LogP contribution >= 0.6 is 0 Å². The zero-order valence-corrected chi connectivity index (χ0v) is 24.9. The molecular formula is C19H35F9O4Si4. The van der Waals surface area contributed by atoms with E-state index < -0.39 is 89.9 Å². The van der Waals surface area contributed by atoms with Crippen LogP contribution in [0.5, 0.6) is 0 Å². The number of rotatable bonds is 7. The van der Waals surface area contributed by atoms with E-state index in [0.29, 0.717) is 12.8 Å². The summed E-state index contributed by atoms with van der Waals surface area (Å²) in [6.45, 7) is 9.50. The molecule has 4 unspecified atom stereocenters. The Morgan fingerprint density at radius 3 is 1.56 bits per heavy atom. The van der Waals surface area contributed by atoms with Crippen molar-refractivity contribution in [3.63, 3.8) is 0 Å². The molecule has 17 heteroatoms. The second-order valence-electron chi connectivity index (χ2n) is 9.89. The zero-order chi connectivity index (χ0) is 28.1. The van der Waals surface area contributed by atoms with Gasteiger partial charge in [-0.15, -0.1) is 6.58 Å². The summed E-state index contributed by atoms with van der Waals surface area (Å²) in [5, 5.41) is 0. The van der Waals surface area contributed by atoms with Gasteiger partial charge < -0.3 is 16.8 Å². The van der Waals surface area contributed by atoms with Gasteiger partial charge in [-0.25, -0.2) is 0 Å². The highest BCUT2D eigenvalue weighted by atomic mass is 28.5. The number of hydrogen-bond donors (Lipinski definition) is 0. The molecule has 0 N–H and O–H groups in total. The van der Waals surface area contributed by atoms with Gasteiger partial charge in [0.05, 0.1) is 0 Å². The van der Waals surface area contributed by atoms with Crippen LogP contribution in [0.1, 0.15) is 32.1 Å². The van der Waals surface area contributed by atoms with E-state index in [0.717, 1.165) is 0 Å². The first kappa shape index (κ1) is 33.8. The van der Waals surface area contributed by atoms with Crippen molar-refractivity contribution in [2.75, 3.05) is 6.61 Å². The maximum Gasteiger partial charge on any atom is 0.389 e. The van der Waals surface area contributed by atoms with Crippen molar-refractivity contribution in [1.29, 1.82) is 0 Å². The fraction of sp³-hybridized carbons (Fsp3) is 0.895. The van der Waals surface area contributed by atoms with Crippen molar-refractivity contribution >= 4 is 34.0 Å². The molecule has 1 saturated heterocycles. The first-order chi connectivity index (χ1) is 16.0. The Kier molecular flexibility index (Phi) is 11.6. The van der Waals surface area contributed by atoms with Crippen LogP contribution < -0.4 is 0 Å². The normalized spacial score (nSPS) is 34.0. The average molecular weight is 611 g/mol.